The van der Waals surface area contributed by atoms with Gasteiger partial charge < -0.3 is 15.1 Å². The summed E-state index contributed by atoms with van der Waals surface area (Å²) in [6.45, 7) is 9.69. The van der Waals surface area contributed by atoms with E-state index in [-0.39, 0.29) is 6.03 Å². The minimum atomic E-state index is 0.0762. The van der Waals surface area contributed by atoms with Gasteiger partial charge in [0.2, 0.25) is 0 Å². The second-order valence-corrected chi connectivity index (χ2v) is 5.51. The van der Waals surface area contributed by atoms with Crippen LogP contribution in [0.4, 0.5) is 4.79 Å². The standard InChI is InChI=1S/C14H30N4O/c1-5-15-14(19)18(11-10-16(3)4)12-13-8-7-9-17(13)6-2/h13H,5-12H2,1-4H3,(H,15,19)/t13-/m0/s1. The van der Waals surface area contributed by atoms with Gasteiger partial charge in [0.25, 0.3) is 0 Å². The Balaban J connectivity index is 2.54. The first-order chi connectivity index (χ1) is 9.08. The Morgan fingerprint density at radius 3 is 2.63 bits per heavy atom. The van der Waals surface area contributed by atoms with Gasteiger partial charge in [-0.05, 0) is 47.0 Å². The van der Waals surface area contributed by atoms with E-state index < -0.39 is 0 Å². The number of carbonyl (C=O) groups excluding carboxylic acids is 1. The lowest BCUT2D eigenvalue weighted by Crippen LogP contribution is -2.48. The second kappa shape index (κ2) is 8.38. The number of likely N-dealkylation sites (N-methyl/N-ethyl adjacent to an activating group) is 2. The van der Waals surface area contributed by atoms with Crippen LogP contribution in [0.5, 0.6) is 0 Å². The first-order valence-corrected chi connectivity index (χ1v) is 7.50. The number of carbonyl (C=O) groups is 1. The van der Waals surface area contributed by atoms with E-state index in [0.29, 0.717) is 12.6 Å². The molecule has 1 fully saturated rings. The molecule has 0 aromatic carbocycles. The maximum Gasteiger partial charge on any atom is 0.317 e. The summed E-state index contributed by atoms with van der Waals surface area (Å²) in [6.07, 6.45) is 2.47. The van der Waals surface area contributed by atoms with Crippen molar-refractivity contribution in [3.63, 3.8) is 0 Å². The first kappa shape index (κ1) is 16.2. The van der Waals surface area contributed by atoms with E-state index in [1.807, 2.05) is 25.9 Å². The summed E-state index contributed by atoms with van der Waals surface area (Å²) in [5.74, 6) is 0. The molecule has 0 aromatic rings. The van der Waals surface area contributed by atoms with Crippen molar-refractivity contribution in [1.29, 1.82) is 0 Å². The number of hydrogen-bond donors (Lipinski definition) is 1. The largest absolute Gasteiger partial charge is 0.338 e. The summed E-state index contributed by atoms with van der Waals surface area (Å²) in [5, 5.41) is 2.93. The summed E-state index contributed by atoms with van der Waals surface area (Å²) in [7, 11) is 4.09. The summed E-state index contributed by atoms with van der Waals surface area (Å²) in [5.41, 5.74) is 0. The fourth-order valence-corrected chi connectivity index (χ4v) is 2.63. The fraction of sp³-hybridized carbons (Fsp3) is 0.929. The summed E-state index contributed by atoms with van der Waals surface area (Å²) in [6, 6.07) is 0.613. The first-order valence-electron chi connectivity index (χ1n) is 7.50. The number of nitrogens with zero attached hydrogens (tertiary/aromatic N) is 3. The Hall–Kier alpha value is -0.810. The molecule has 5 nitrogen and oxygen atoms in total. The van der Waals surface area contributed by atoms with Crippen LogP contribution in [-0.4, -0.2) is 80.1 Å². The smallest absolute Gasteiger partial charge is 0.317 e. The van der Waals surface area contributed by atoms with E-state index in [2.05, 4.69) is 22.0 Å². The van der Waals surface area contributed by atoms with E-state index in [9.17, 15) is 4.79 Å². The van der Waals surface area contributed by atoms with Crippen molar-refractivity contribution in [2.75, 3.05) is 53.4 Å². The van der Waals surface area contributed by atoms with Crippen molar-refractivity contribution in [1.82, 2.24) is 20.0 Å². The predicted octanol–water partition coefficient (Wildman–Crippen LogP) is 1.06. The van der Waals surface area contributed by atoms with Crippen LogP contribution in [0.25, 0.3) is 0 Å². The molecule has 0 aromatic heterocycles. The maximum atomic E-state index is 12.1. The highest BCUT2D eigenvalue weighted by Crippen LogP contribution is 2.17. The Morgan fingerprint density at radius 1 is 1.32 bits per heavy atom. The van der Waals surface area contributed by atoms with Crippen LogP contribution >= 0.6 is 0 Å². The lowest BCUT2D eigenvalue weighted by molar-refractivity contribution is 0.162. The van der Waals surface area contributed by atoms with Crippen LogP contribution in [0.3, 0.4) is 0 Å². The molecule has 1 aliphatic rings. The Labute approximate surface area is 117 Å². The van der Waals surface area contributed by atoms with Gasteiger partial charge in [0.15, 0.2) is 0 Å². The van der Waals surface area contributed by atoms with Crippen LogP contribution in [-0.2, 0) is 0 Å². The average molecular weight is 270 g/mol. The van der Waals surface area contributed by atoms with Crippen LogP contribution in [0.1, 0.15) is 26.7 Å². The molecule has 1 N–H and O–H groups in total. The Kier molecular flexibility index (Phi) is 7.16. The highest BCUT2D eigenvalue weighted by Gasteiger charge is 2.26. The van der Waals surface area contributed by atoms with Gasteiger partial charge >= 0.3 is 6.03 Å². The van der Waals surface area contributed by atoms with E-state index >= 15 is 0 Å². The molecule has 1 atom stereocenters. The third-order valence-corrected chi connectivity index (χ3v) is 3.77. The monoisotopic (exact) mass is 270 g/mol. The number of nitrogens with one attached hydrogen (secondary N) is 1. The molecule has 1 aliphatic heterocycles. The lowest BCUT2D eigenvalue weighted by Gasteiger charge is -2.31. The lowest BCUT2D eigenvalue weighted by atomic mass is 10.2. The summed E-state index contributed by atoms with van der Waals surface area (Å²) >= 11 is 0. The molecule has 2 amide bonds. The summed E-state index contributed by atoms with van der Waals surface area (Å²) < 4.78 is 0. The van der Waals surface area contributed by atoms with Gasteiger partial charge in [-0.25, -0.2) is 4.79 Å². The average Bonchev–Trinajstić information content (AvgIpc) is 2.81. The van der Waals surface area contributed by atoms with E-state index in [0.717, 1.165) is 26.2 Å². The fourth-order valence-electron chi connectivity index (χ4n) is 2.63. The van der Waals surface area contributed by atoms with Crippen LogP contribution in [0, 0.1) is 0 Å². The highest BCUT2D eigenvalue weighted by atomic mass is 16.2. The molecule has 0 aliphatic carbocycles. The molecule has 19 heavy (non-hydrogen) atoms. The highest BCUT2D eigenvalue weighted by molar-refractivity contribution is 5.74. The molecular weight excluding hydrogens is 240 g/mol. The molecule has 0 spiro atoms. The van der Waals surface area contributed by atoms with Crippen molar-refractivity contribution >= 4 is 6.03 Å². The van der Waals surface area contributed by atoms with Crippen LogP contribution in [0.2, 0.25) is 0 Å². The third-order valence-electron chi connectivity index (χ3n) is 3.77. The number of likely N-dealkylation sites (tertiary alicyclic amines) is 1. The zero-order valence-electron chi connectivity index (χ0n) is 13.0. The number of hydrogen-bond acceptors (Lipinski definition) is 3. The van der Waals surface area contributed by atoms with Gasteiger partial charge in [0.05, 0.1) is 0 Å². The minimum absolute atomic E-state index is 0.0762. The van der Waals surface area contributed by atoms with Gasteiger partial charge in [0.1, 0.15) is 0 Å². The van der Waals surface area contributed by atoms with E-state index in [4.69, 9.17) is 0 Å². The topological polar surface area (TPSA) is 38.8 Å². The van der Waals surface area contributed by atoms with Gasteiger partial charge in [0, 0.05) is 32.2 Å². The molecular formula is C14H30N4O. The third kappa shape index (κ3) is 5.37. The van der Waals surface area contributed by atoms with Crippen LogP contribution < -0.4 is 5.32 Å². The molecule has 1 heterocycles. The summed E-state index contributed by atoms with van der Waals surface area (Å²) in [4.78, 5) is 18.7. The van der Waals surface area contributed by atoms with Crippen molar-refractivity contribution in [3.8, 4) is 0 Å². The predicted molar refractivity (Wildman–Crippen MR) is 79.5 cm³/mol. The van der Waals surface area contributed by atoms with Crippen molar-refractivity contribution in [2.45, 2.75) is 32.7 Å². The molecule has 0 unspecified atom stereocenters. The zero-order chi connectivity index (χ0) is 14.3. The molecule has 0 radical (unpaired) electrons. The minimum Gasteiger partial charge on any atom is -0.338 e. The van der Waals surface area contributed by atoms with Crippen molar-refractivity contribution in [3.05, 3.63) is 0 Å². The molecule has 1 saturated heterocycles. The Morgan fingerprint density at radius 2 is 2.05 bits per heavy atom. The van der Waals surface area contributed by atoms with Crippen molar-refractivity contribution < 1.29 is 4.79 Å². The number of urea groups is 1. The van der Waals surface area contributed by atoms with Gasteiger partial charge in [-0.2, -0.15) is 0 Å². The molecule has 0 saturated carbocycles. The molecule has 1 rings (SSSR count). The van der Waals surface area contributed by atoms with Gasteiger partial charge in [-0.3, -0.25) is 4.90 Å². The molecule has 5 heteroatoms. The maximum absolute atomic E-state index is 12.1. The quantitative estimate of drug-likeness (QED) is 0.752. The van der Waals surface area contributed by atoms with Crippen LogP contribution in [0.15, 0.2) is 0 Å². The SMILES string of the molecule is CCNC(=O)N(CCN(C)C)C[C@@H]1CCCN1CC. The normalized spacial score (nSPS) is 19.9. The molecule has 112 valence electrons. The van der Waals surface area contributed by atoms with Gasteiger partial charge in [-0.15, -0.1) is 0 Å². The second-order valence-electron chi connectivity index (χ2n) is 5.51. The van der Waals surface area contributed by atoms with E-state index in [1.165, 1.54) is 19.4 Å². The Bertz CT molecular complexity index is 270. The number of rotatable bonds is 7. The zero-order valence-corrected chi connectivity index (χ0v) is 13.0. The molecule has 0 bridgehead atoms. The van der Waals surface area contributed by atoms with Gasteiger partial charge in [-0.1, -0.05) is 6.92 Å². The number of amides is 2. The van der Waals surface area contributed by atoms with E-state index in [1.54, 1.807) is 0 Å². The van der Waals surface area contributed by atoms with Crippen molar-refractivity contribution in [2.24, 2.45) is 0 Å².